The first-order chi connectivity index (χ1) is 16.8. The van der Waals surface area contributed by atoms with Crippen molar-refractivity contribution < 1.29 is 24.2 Å². The van der Waals surface area contributed by atoms with Crippen LogP contribution in [-0.2, 0) is 14.3 Å². The Morgan fingerprint density at radius 2 is 1.71 bits per heavy atom. The first-order valence-electron chi connectivity index (χ1n) is 12.4. The van der Waals surface area contributed by atoms with E-state index in [2.05, 4.69) is 29.6 Å². The third-order valence-electron chi connectivity index (χ3n) is 8.65. The Hall–Kier alpha value is -3.35. The van der Waals surface area contributed by atoms with Gasteiger partial charge >= 0.3 is 12.1 Å². The molecule has 2 N–H and O–H groups in total. The smallest absolute Gasteiger partial charge is 0.407 e. The van der Waals surface area contributed by atoms with Crippen LogP contribution in [0.25, 0.3) is 11.1 Å². The Bertz CT molecular complexity index is 1180. The molecule has 1 saturated heterocycles. The summed E-state index contributed by atoms with van der Waals surface area (Å²) >= 11 is 0. The number of nitrogens with zero attached hydrogens (tertiary/aromatic N) is 1. The number of likely N-dealkylation sites (tertiary alicyclic amines) is 1. The average molecular weight is 475 g/mol. The highest BCUT2D eigenvalue weighted by molar-refractivity contribution is 5.85. The number of amides is 2. The highest BCUT2D eigenvalue weighted by Crippen LogP contribution is 2.58. The number of carbonyl (C=O) groups excluding carboxylic acids is 2. The van der Waals surface area contributed by atoms with Crippen LogP contribution in [0.2, 0.25) is 0 Å². The van der Waals surface area contributed by atoms with E-state index in [9.17, 15) is 19.5 Å². The standard InChI is InChI=1S/C28H30N2O5/c1-27(17-10-11-17,13-24(31)30-14-18-12-28(18,16-30)25(32)33)29-26(34)35-15-23-21-8-4-2-6-19(21)20-7-3-5-9-22(20)23/h2-9,17-18,23H,10-16H2,1H3,(H,29,34)(H,32,33). The molecule has 0 bridgehead atoms. The maximum Gasteiger partial charge on any atom is 0.407 e. The molecule has 0 aromatic heterocycles. The molecule has 6 rings (SSSR count). The van der Waals surface area contributed by atoms with Gasteiger partial charge < -0.3 is 20.1 Å². The van der Waals surface area contributed by atoms with Crippen LogP contribution in [-0.4, -0.2) is 53.2 Å². The van der Waals surface area contributed by atoms with Crippen LogP contribution >= 0.6 is 0 Å². The zero-order chi connectivity index (χ0) is 24.4. The second-order valence-electron chi connectivity index (χ2n) is 11.0. The van der Waals surface area contributed by atoms with Crippen molar-refractivity contribution in [1.82, 2.24) is 10.2 Å². The molecule has 3 fully saturated rings. The summed E-state index contributed by atoms with van der Waals surface area (Å²) in [6.45, 7) is 2.91. The van der Waals surface area contributed by atoms with Gasteiger partial charge in [0.05, 0.1) is 17.4 Å². The Morgan fingerprint density at radius 1 is 1.09 bits per heavy atom. The Labute approximate surface area is 204 Å². The second-order valence-corrected chi connectivity index (χ2v) is 11.0. The lowest BCUT2D eigenvalue weighted by atomic mass is 9.91. The van der Waals surface area contributed by atoms with Gasteiger partial charge in [0.25, 0.3) is 0 Å². The lowest BCUT2D eigenvalue weighted by Crippen LogP contribution is -2.51. The number of benzene rings is 2. The second kappa shape index (κ2) is 7.83. The summed E-state index contributed by atoms with van der Waals surface area (Å²) in [6, 6.07) is 16.4. The van der Waals surface area contributed by atoms with Gasteiger partial charge in [-0.05, 0) is 60.3 Å². The number of rotatable bonds is 7. The number of carbonyl (C=O) groups is 3. The van der Waals surface area contributed by atoms with Crippen molar-refractivity contribution >= 4 is 18.0 Å². The van der Waals surface area contributed by atoms with Gasteiger partial charge in [-0.2, -0.15) is 0 Å². The number of nitrogens with one attached hydrogen (secondary N) is 1. The Balaban J connectivity index is 1.11. The van der Waals surface area contributed by atoms with Crippen LogP contribution in [0.1, 0.15) is 49.7 Å². The molecule has 4 aliphatic rings. The van der Waals surface area contributed by atoms with Crippen LogP contribution in [0.4, 0.5) is 4.79 Å². The quantitative estimate of drug-likeness (QED) is 0.632. The number of aliphatic carboxylic acids is 1. The van der Waals surface area contributed by atoms with Crippen LogP contribution in [0.15, 0.2) is 48.5 Å². The summed E-state index contributed by atoms with van der Waals surface area (Å²) in [5.41, 5.74) is 3.21. The van der Waals surface area contributed by atoms with E-state index in [0.29, 0.717) is 13.0 Å². The number of fused-ring (bicyclic) bond motifs is 4. The largest absolute Gasteiger partial charge is 0.481 e. The first kappa shape index (κ1) is 22.1. The van der Waals surface area contributed by atoms with Crippen molar-refractivity contribution in [2.75, 3.05) is 19.7 Å². The fourth-order valence-electron chi connectivity index (χ4n) is 6.31. The summed E-state index contributed by atoms with van der Waals surface area (Å²) < 4.78 is 5.74. The molecule has 2 saturated carbocycles. The Morgan fingerprint density at radius 3 is 2.29 bits per heavy atom. The third-order valence-corrected chi connectivity index (χ3v) is 8.65. The zero-order valence-electron chi connectivity index (χ0n) is 19.8. The van der Waals surface area contributed by atoms with Crippen LogP contribution in [0, 0.1) is 17.3 Å². The molecule has 1 aliphatic heterocycles. The summed E-state index contributed by atoms with van der Waals surface area (Å²) in [6.07, 6.45) is 2.21. The predicted octanol–water partition coefficient (Wildman–Crippen LogP) is 4.02. The fourth-order valence-corrected chi connectivity index (χ4v) is 6.31. The van der Waals surface area contributed by atoms with Crippen molar-refractivity contribution in [3.05, 3.63) is 59.7 Å². The van der Waals surface area contributed by atoms with E-state index in [0.717, 1.165) is 24.0 Å². The van der Waals surface area contributed by atoms with Crippen molar-refractivity contribution in [3.63, 3.8) is 0 Å². The first-order valence-corrected chi connectivity index (χ1v) is 12.4. The summed E-state index contributed by atoms with van der Waals surface area (Å²) in [4.78, 5) is 39.3. The molecule has 1 heterocycles. The average Bonchev–Trinajstić information content (AvgIpc) is 3.76. The molecule has 7 heteroatoms. The van der Waals surface area contributed by atoms with E-state index in [-0.39, 0.29) is 43.2 Å². The minimum absolute atomic E-state index is 0.0227. The molecule has 2 aromatic rings. The van der Waals surface area contributed by atoms with Crippen molar-refractivity contribution in [2.24, 2.45) is 17.3 Å². The van der Waals surface area contributed by atoms with Gasteiger partial charge in [-0.3, -0.25) is 9.59 Å². The molecular formula is C28H30N2O5. The van der Waals surface area contributed by atoms with Crippen LogP contribution < -0.4 is 5.32 Å². The van der Waals surface area contributed by atoms with Crippen LogP contribution in [0.5, 0.6) is 0 Å². The van der Waals surface area contributed by atoms with E-state index in [1.165, 1.54) is 11.1 Å². The van der Waals surface area contributed by atoms with E-state index in [4.69, 9.17) is 4.74 Å². The molecule has 3 unspecified atom stereocenters. The van der Waals surface area contributed by atoms with Gasteiger partial charge in [0.2, 0.25) is 5.91 Å². The van der Waals surface area contributed by atoms with E-state index < -0.39 is 23.0 Å². The number of piperidine rings is 1. The van der Waals surface area contributed by atoms with Gasteiger partial charge in [-0.15, -0.1) is 0 Å². The third kappa shape index (κ3) is 3.68. The highest BCUT2D eigenvalue weighted by Gasteiger charge is 2.66. The zero-order valence-corrected chi connectivity index (χ0v) is 19.8. The van der Waals surface area contributed by atoms with E-state index >= 15 is 0 Å². The van der Waals surface area contributed by atoms with Gasteiger partial charge in [-0.1, -0.05) is 48.5 Å². The van der Waals surface area contributed by atoms with Gasteiger partial charge in [-0.25, -0.2) is 4.79 Å². The molecule has 7 nitrogen and oxygen atoms in total. The lowest BCUT2D eigenvalue weighted by Gasteiger charge is -2.32. The Kier molecular flexibility index (Phi) is 4.95. The molecule has 0 radical (unpaired) electrons. The monoisotopic (exact) mass is 474 g/mol. The molecule has 3 aliphatic carbocycles. The van der Waals surface area contributed by atoms with Crippen molar-refractivity contribution in [2.45, 2.75) is 44.1 Å². The minimum atomic E-state index is -0.806. The number of alkyl carbamates (subject to hydrolysis) is 1. The number of hydrogen-bond acceptors (Lipinski definition) is 4. The van der Waals surface area contributed by atoms with E-state index in [1.54, 1.807) is 4.90 Å². The summed E-state index contributed by atoms with van der Waals surface area (Å²) in [7, 11) is 0. The maximum atomic E-state index is 13.1. The maximum absolute atomic E-state index is 13.1. The topological polar surface area (TPSA) is 95.9 Å². The van der Waals surface area contributed by atoms with Gasteiger partial charge in [0.1, 0.15) is 6.61 Å². The van der Waals surface area contributed by atoms with Gasteiger partial charge in [0.15, 0.2) is 0 Å². The summed E-state index contributed by atoms with van der Waals surface area (Å²) in [5, 5.41) is 12.5. The molecule has 35 heavy (non-hydrogen) atoms. The number of carboxylic acid groups (broad SMARTS) is 1. The molecule has 2 amide bonds. The van der Waals surface area contributed by atoms with Crippen molar-refractivity contribution in [3.8, 4) is 11.1 Å². The predicted molar refractivity (Wildman–Crippen MR) is 129 cm³/mol. The highest BCUT2D eigenvalue weighted by atomic mass is 16.5. The minimum Gasteiger partial charge on any atom is -0.481 e. The van der Waals surface area contributed by atoms with Gasteiger partial charge in [0, 0.05) is 19.0 Å². The molecule has 3 atom stereocenters. The number of carboxylic acids is 1. The number of hydrogen-bond donors (Lipinski definition) is 2. The molecule has 0 spiro atoms. The molecular weight excluding hydrogens is 444 g/mol. The normalized spacial score (nSPS) is 25.7. The number of ether oxygens (including phenoxy) is 1. The molecule has 2 aromatic carbocycles. The van der Waals surface area contributed by atoms with Crippen LogP contribution in [0.3, 0.4) is 0 Å². The lowest BCUT2D eigenvalue weighted by molar-refractivity contribution is -0.144. The fraction of sp³-hybridized carbons (Fsp3) is 0.464. The van der Waals surface area contributed by atoms with Crippen molar-refractivity contribution in [1.29, 1.82) is 0 Å². The van der Waals surface area contributed by atoms with E-state index in [1.807, 2.05) is 31.2 Å². The SMILES string of the molecule is CC(CC(=O)N1CC2CC2(C(=O)O)C1)(NC(=O)OCC1c2ccccc2-c2ccccc21)C1CC1. The summed E-state index contributed by atoms with van der Waals surface area (Å²) in [5.74, 6) is -0.639. The molecule has 182 valence electrons.